The first-order valence-electron chi connectivity index (χ1n) is 9.78. The number of hydrogen-bond acceptors (Lipinski definition) is 3. The van der Waals surface area contributed by atoms with Gasteiger partial charge in [-0.2, -0.15) is 0 Å². The van der Waals surface area contributed by atoms with Gasteiger partial charge in [-0.1, -0.05) is 18.2 Å². The first-order chi connectivity index (χ1) is 12.3. The van der Waals surface area contributed by atoms with Crippen LogP contribution in [-0.2, 0) is 11.3 Å². The third-order valence-corrected chi connectivity index (χ3v) is 7.32. The zero-order valence-electron chi connectivity index (χ0n) is 14.7. The van der Waals surface area contributed by atoms with Crippen LogP contribution < -0.4 is 0 Å². The minimum atomic E-state index is 0.371. The number of hydrogen-bond donors (Lipinski definition) is 0. The molecule has 0 bridgehead atoms. The predicted molar refractivity (Wildman–Crippen MR) is 103 cm³/mol. The molecule has 2 aromatic rings. The van der Waals surface area contributed by atoms with Crippen LogP contribution in [0.5, 0.6) is 0 Å². The van der Waals surface area contributed by atoms with Crippen molar-refractivity contribution < 1.29 is 4.79 Å². The number of rotatable bonds is 3. The molecule has 1 saturated carbocycles. The van der Waals surface area contributed by atoms with Crippen LogP contribution in [0.15, 0.2) is 30.3 Å². The Labute approximate surface area is 153 Å². The van der Waals surface area contributed by atoms with Crippen molar-refractivity contribution in [1.29, 1.82) is 0 Å². The van der Waals surface area contributed by atoms with Crippen LogP contribution in [0.3, 0.4) is 0 Å². The van der Waals surface area contributed by atoms with E-state index in [2.05, 4.69) is 40.1 Å². The van der Waals surface area contributed by atoms with Crippen LogP contribution in [0.4, 0.5) is 0 Å². The standard InChI is InChI=1S/C21H26N2OS/c24-21(15-7-8-15)23-10-3-5-17-13-22(11-9-19(17)23)14-18-12-16-4-1-2-6-20(16)25-18/h1-2,4,6,12,15,17,19H,3,5,7-11,13-14H2/t17-,19+/m1/s1. The zero-order valence-corrected chi connectivity index (χ0v) is 15.5. The molecule has 3 nitrogen and oxygen atoms in total. The van der Waals surface area contributed by atoms with Gasteiger partial charge in [0, 0.05) is 47.7 Å². The summed E-state index contributed by atoms with van der Waals surface area (Å²) in [5, 5.41) is 1.37. The summed E-state index contributed by atoms with van der Waals surface area (Å²) < 4.78 is 1.39. The molecule has 132 valence electrons. The molecule has 1 aromatic heterocycles. The molecule has 2 aliphatic heterocycles. The van der Waals surface area contributed by atoms with E-state index in [0.717, 1.165) is 45.4 Å². The van der Waals surface area contributed by atoms with Gasteiger partial charge in [0.2, 0.25) is 5.91 Å². The van der Waals surface area contributed by atoms with E-state index in [4.69, 9.17) is 0 Å². The minimum Gasteiger partial charge on any atom is -0.339 e. The molecule has 2 atom stereocenters. The molecule has 0 unspecified atom stereocenters. The van der Waals surface area contributed by atoms with Gasteiger partial charge in [0.05, 0.1) is 0 Å². The van der Waals surface area contributed by atoms with Crippen LogP contribution in [0.2, 0.25) is 0 Å². The molecule has 4 heteroatoms. The molecule has 1 aromatic carbocycles. The van der Waals surface area contributed by atoms with Crippen molar-refractivity contribution in [2.45, 2.75) is 44.7 Å². The number of benzene rings is 1. The molecule has 0 N–H and O–H groups in total. The number of carbonyl (C=O) groups excluding carboxylic acids is 1. The lowest BCUT2D eigenvalue weighted by Gasteiger charge is -2.47. The lowest BCUT2D eigenvalue weighted by Crippen LogP contribution is -2.55. The first-order valence-corrected chi connectivity index (χ1v) is 10.6. The molecule has 25 heavy (non-hydrogen) atoms. The summed E-state index contributed by atoms with van der Waals surface area (Å²) in [4.78, 5) is 19.0. The third kappa shape index (κ3) is 3.11. The fourth-order valence-corrected chi connectivity index (χ4v) is 5.90. The van der Waals surface area contributed by atoms with E-state index >= 15 is 0 Å². The van der Waals surface area contributed by atoms with Gasteiger partial charge < -0.3 is 4.90 Å². The predicted octanol–water partition coefficient (Wildman–Crippen LogP) is 4.12. The molecule has 0 radical (unpaired) electrons. The Kier molecular flexibility index (Phi) is 4.05. The van der Waals surface area contributed by atoms with Gasteiger partial charge in [-0.25, -0.2) is 0 Å². The maximum Gasteiger partial charge on any atom is 0.225 e. The number of carbonyl (C=O) groups is 1. The van der Waals surface area contributed by atoms with E-state index in [9.17, 15) is 4.79 Å². The number of nitrogens with zero attached hydrogens (tertiary/aromatic N) is 2. The van der Waals surface area contributed by atoms with Crippen molar-refractivity contribution in [3.8, 4) is 0 Å². The van der Waals surface area contributed by atoms with Crippen molar-refractivity contribution in [1.82, 2.24) is 9.80 Å². The smallest absolute Gasteiger partial charge is 0.225 e. The molecule has 0 spiro atoms. The maximum absolute atomic E-state index is 12.6. The van der Waals surface area contributed by atoms with Gasteiger partial charge in [-0.05, 0) is 55.5 Å². The van der Waals surface area contributed by atoms with E-state index < -0.39 is 0 Å². The number of piperidine rings is 2. The highest BCUT2D eigenvalue weighted by atomic mass is 32.1. The number of fused-ring (bicyclic) bond motifs is 2. The highest BCUT2D eigenvalue weighted by Crippen LogP contribution is 2.37. The van der Waals surface area contributed by atoms with Crippen molar-refractivity contribution in [3.63, 3.8) is 0 Å². The van der Waals surface area contributed by atoms with Crippen molar-refractivity contribution in [3.05, 3.63) is 35.2 Å². The molecule has 5 rings (SSSR count). The fourth-order valence-electron chi connectivity index (χ4n) is 4.80. The van der Waals surface area contributed by atoms with Gasteiger partial charge in [0.15, 0.2) is 0 Å². The minimum absolute atomic E-state index is 0.371. The molecule has 2 saturated heterocycles. The highest BCUT2D eigenvalue weighted by Gasteiger charge is 2.42. The monoisotopic (exact) mass is 354 g/mol. The Balaban J connectivity index is 1.26. The molecule has 3 fully saturated rings. The van der Waals surface area contributed by atoms with E-state index in [-0.39, 0.29) is 0 Å². The largest absolute Gasteiger partial charge is 0.339 e. The van der Waals surface area contributed by atoms with Crippen LogP contribution in [0.1, 0.15) is 37.0 Å². The second kappa shape index (κ2) is 6.40. The lowest BCUT2D eigenvalue weighted by atomic mass is 9.83. The molecular weight excluding hydrogens is 328 g/mol. The van der Waals surface area contributed by atoms with Crippen molar-refractivity contribution >= 4 is 27.3 Å². The highest BCUT2D eigenvalue weighted by molar-refractivity contribution is 7.19. The van der Waals surface area contributed by atoms with Crippen LogP contribution >= 0.6 is 11.3 Å². The number of likely N-dealkylation sites (tertiary alicyclic amines) is 2. The van der Waals surface area contributed by atoms with Gasteiger partial charge >= 0.3 is 0 Å². The molecule has 1 aliphatic carbocycles. The second-order valence-electron chi connectivity index (χ2n) is 8.05. The van der Waals surface area contributed by atoms with Crippen molar-refractivity contribution in [2.75, 3.05) is 19.6 Å². The van der Waals surface area contributed by atoms with Crippen LogP contribution in [0.25, 0.3) is 10.1 Å². The lowest BCUT2D eigenvalue weighted by molar-refractivity contribution is -0.139. The summed E-state index contributed by atoms with van der Waals surface area (Å²) in [6, 6.07) is 11.6. The van der Waals surface area contributed by atoms with Gasteiger partial charge in [-0.15, -0.1) is 11.3 Å². The maximum atomic E-state index is 12.6. The molecule has 3 aliphatic rings. The number of thiophene rings is 1. The first kappa shape index (κ1) is 15.8. The average molecular weight is 355 g/mol. The van der Waals surface area contributed by atoms with Gasteiger partial charge in [0.1, 0.15) is 0 Å². The SMILES string of the molecule is O=C(C1CC1)N1CCC[C@@H]2CN(Cc3cc4ccccc4s3)CC[C@@H]21. The Morgan fingerprint density at radius 3 is 2.84 bits per heavy atom. The van der Waals surface area contributed by atoms with E-state index in [1.54, 1.807) is 0 Å². The van der Waals surface area contributed by atoms with Crippen molar-refractivity contribution in [2.24, 2.45) is 11.8 Å². The van der Waals surface area contributed by atoms with Gasteiger partial charge in [0.25, 0.3) is 0 Å². The molecular formula is C21H26N2OS. The summed E-state index contributed by atoms with van der Waals surface area (Å²) in [5.74, 6) is 1.52. The van der Waals surface area contributed by atoms with Crippen LogP contribution in [-0.4, -0.2) is 41.4 Å². The van der Waals surface area contributed by atoms with Crippen LogP contribution in [0, 0.1) is 11.8 Å². The Bertz CT molecular complexity index is 748. The van der Waals surface area contributed by atoms with E-state index in [0.29, 0.717) is 23.8 Å². The molecule has 1 amide bonds. The zero-order chi connectivity index (χ0) is 16.8. The Morgan fingerprint density at radius 1 is 1.12 bits per heavy atom. The Morgan fingerprint density at radius 2 is 2.00 bits per heavy atom. The summed E-state index contributed by atoms with van der Waals surface area (Å²) in [5.41, 5.74) is 0. The fraction of sp³-hybridized carbons (Fsp3) is 0.571. The van der Waals surface area contributed by atoms with E-state index in [1.807, 2.05) is 11.3 Å². The normalized spacial score (nSPS) is 27.4. The topological polar surface area (TPSA) is 23.6 Å². The second-order valence-corrected chi connectivity index (χ2v) is 9.22. The van der Waals surface area contributed by atoms with E-state index in [1.165, 1.54) is 27.8 Å². The Hall–Kier alpha value is -1.39. The number of amides is 1. The molecule has 3 heterocycles. The third-order valence-electron chi connectivity index (χ3n) is 6.22. The summed E-state index contributed by atoms with van der Waals surface area (Å²) in [6.07, 6.45) is 5.90. The summed E-state index contributed by atoms with van der Waals surface area (Å²) in [6.45, 7) is 4.36. The van der Waals surface area contributed by atoms with Gasteiger partial charge in [-0.3, -0.25) is 9.69 Å². The summed E-state index contributed by atoms with van der Waals surface area (Å²) in [7, 11) is 0. The quantitative estimate of drug-likeness (QED) is 0.828. The summed E-state index contributed by atoms with van der Waals surface area (Å²) >= 11 is 1.93. The average Bonchev–Trinajstić information content (AvgIpc) is 3.40.